The van der Waals surface area contributed by atoms with Crippen LogP contribution in [-0.4, -0.2) is 33.7 Å². The van der Waals surface area contributed by atoms with Crippen LogP contribution in [-0.2, 0) is 14.8 Å². The van der Waals surface area contributed by atoms with Crippen molar-refractivity contribution in [3.8, 4) is 0 Å². The Morgan fingerprint density at radius 2 is 2.19 bits per heavy atom. The first-order valence-electron chi connectivity index (χ1n) is 9.04. The number of hydrogen-bond acceptors (Lipinski definition) is 5. The smallest absolute Gasteiger partial charge is 0.407 e. The number of hydrogen-bond donors (Lipinski definition) is 2. The van der Waals surface area contributed by atoms with E-state index in [-0.39, 0.29) is 28.2 Å². The summed E-state index contributed by atoms with van der Waals surface area (Å²) in [5.74, 6) is 0.288. The van der Waals surface area contributed by atoms with Crippen LogP contribution < -0.4 is 10.0 Å². The molecule has 2 bridgehead atoms. The topological polar surface area (TPSA) is 84.5 Å². The van der Waals surface area contributed by atoms with Crippen LogP contribution in [0.3, 0.4) is 0 Å². The molecule has 2 aliphatic carbocycles. The first kappa shape index (κ1) is 19.9. The maximum atomic E-state index is 12.8. The van der Waals surface area contributed by atoms with E-state index < -0.39 is 16.1 Å². The molecule has 2 aliphatic rings. The lowest BCUT2D eigenvalue weighted by Gasteiger charge is -2.40. The van der Waals surface area contributed by atoms with Crippen molar-refractivity contribution in [2.75, 3.05) is 13.2 Å². The van der Waals surface area contributed by atoms with Crippen molar-refractivity contribution in [3.63, 3.8) is 0 Å². The third-order valence-corrected chi connectivity index (χ3v) is 8.66. The summed E-state index contributed by atoms with van der Waals surface area (Å²) in [6.45, 7) is 2.80. The van der Waals surface area contributed by atoms with Gasteiger partial charge in [-0.3, -0.25) is 0 Å². The first-order chi connectivity index (χ1) is 12.4. The van der Waals surface area contributed by atoms with Crippen LogP contribution in [0.4, 0.5) is 4.79 Å². The van der Waals surface area contributed by atoms with Gasteiger partial charge in [-0.15, -0.1) is 11.3 Å². The lowest BCUT2D eigenvalue weighted by atomic mass is 9.72. The summed E-state index contributed by atoms with van der Waals surface area (Å²) in [6.07, 6.45) is 5.14. The monoisotopic (exact) mass is 420 g/mol. The highest BCUT2D eigenvalue weighted by molar-refractivity contribution is 7.91. The van der Waals surface area contributed by atoms with Crippen molar-refractivity contribution < 1.29 is 17.9 Å². The van der Waals surface area contributed by atoms with Crippen molar-refractivity contribution in [2.24, 2.45) is 11.3 Å². The summed E-state index contributed by atoms with van der Waals surface area (Å²) in [5, 5.41) is 2.71. The summed E-state index contributed by atoms with van der Waals surface area (Å²) in [6, 6.07) is 2.91. The Bertz CT molecular complexity index is 748. The quantitative estimate of drug-likeness (QED) is 0.703. The van der Waals surface area contributed by atoms with Gasteiger partial charge in [-0.25, -0.2) is 17.9 Å². The number of alkyl carbamates (subject to hydrolysis) is 1. The number of sulfonamides is 1. The molecule has 2 N–H and O–H groups in total. The highest BCUT2D eigenvalue weighted by Crippen LogP contribution is 2.52. The number of nitrogens with one attached hydrogen (secondary N) is 2. The van der Waals surface area contributed by atoms with Crippen molar-refractivity contribution >= 4 is 39.1 Å². The first-order valence-corrected chi connectivity index (χ1v) is 11.7. The average molecular weight is 421 g/mol. The fourth-order valence-corrected chi connectivity index (χ4v) is 7.12. The number of fused-ring (bicyclic) bond motifs is 2. The van der Waals surface area contributed by atoms with Crippen molar-refractivity contribution in [1.29, 1.82) is 0 Å². The summed E-state index contributed by atoms with van der Waals surface area (Å²) < 4.78 is 34.6. The van der Waals surface area contributed by atoms with Crippen LogP contribution in [0.15, 0.2) is 16.3 Å². The molecule has 1 aromatic rings. The van der Waals surface area contributed by atoms with E-state index >= 15 is 0 Å². The highest BCUT2D eigenvalue weighted by atomic mass is 35.5. The minimum Gasteiger partial charge on any atom is -0.449 e. The number of ether oxygens (including phenoxy) is 1. The van der Waals surface area contributed by atoms with Crippen LogP contribution >= 0.6 is 22.9 Å². The van der Waals surface area contributed by atoms with E-state index in [0.29, 0.717) is 10.9 Å². The molecule has 0 radical (unpaired) electrons. The molecule has 9 heteroatoms. The summed E-state index contributed by atoms with van der Waals surface area (Å²) >= 11 is 6.95. The van der Waals surface area contributed by atoms with Gasteiger partial charge in [0.1, 0.15) is 10.8 Å². The largest absolute Gasteiger partial charge is 0.449 e. The van der Waals surface area contributed by atoms with Crippen LogP contribution in [0, 0.1) is 11.3 Å². The van der Waals surface area contributed by atoms with Gasteiger partial charge in [0, 0.05) is 18.0 Å². The normalized spacial score (nSPS) is 28.1. The van der Waals surface area contributed by atoms with E-state index in [0.717, 1.165) is 49.9 Å². The lowest BCUT2D eigenvalue weighted by molar-refractivity contribution is 0.0474. The number of halogens is 1. The Morgan fingerprint density at radius 3 is 2.88 bits per heavy atom. The third-order valence-electron chi connectivity index (χ3n) is 5.50. The Morgan fingerprint density at radius 1 is 1.38 bits per heavy atom. The molecule has 1 heterocycles. The molecule has 0 unspecified atom stereocenters. The maximum Gasteiger partial charge on any atom is 0.407 e. The van der Waals surface area contributed by atoms with Gasteiger partial charge in [0.25, 0.3) is 0 Å². The van der Waals surface area contributed by atoms with Gasteiger partial charge in [0.15, 0.2) is 0 Å². The van der Waals surface area contributed by atoms with Crippen LogP contribution in [0.5, 0.6) is 0 Å². The van der Waals surface area contributed by atoms with Crippen molar-refractivity contribution in [1.82, 2.24) is 10.0 Å². The van der Waals surface area contributed by atoms with E-state index in [1.807, 2.05) is 6.92 Å². The Hall–Kier alpha value is -0.830. The summed E-state index contributed by atoms with van der Waals surface area (Å²) in [7, 11) is -3.63. The van der Waals surface area contributed by atoms with E-state index in [1.165, 1.54) is 6.07 Å². The molecule has 3 rings (SSSR count). The van der Waals surface area contributed by atoms with E-state index in [2.05, 4.69) is 10.0 Å². The molecule has 3 atom stereocenters. The number of amides is 1. The molecule has 0 saturated heterocycles. The molecule has 1 amide bonds. The van der Waals surface area contributed by atoms with E-state index in [9.17, 15) is 13.2 Å². The minimum atomic E-state index is -3.63. The van der Waals surface area contributed by atoms with Gasteiger partial charge in [-0.05, 0) is 50.2 Å². The van der Waals surface area contributed by atoms with E-state index in [4.69, 9.17) is 16.3 Å². The second-order valence-corrected chi connectivity index (χ2v) is 10.9. The maximum absolute atomic E-state index is 12.8. The predicted molar refractivity (Wildman–Crippen MR) is 102 cm³/mol. The molecule has 6 nitrogen and oxygen atoms in total. The fraction of sp³-hybridized carbons (Fsp3) is 0.706. The SMILES string of the molecule is CCCNC(=O)OC[C@@]12CCC[C@@H](CC1)[C@@H]2NS(=O)(=O)c1ccc(Cl)s1. The van der Waals surface area contributed by atoms with Crippen LogP contribution in [0.2, 0.25) is 4.34 Å². The Balaban J connectivity index is 1.73. The molecular formula is C17H25ClN2O4S2. The minimum absolute atomic E-state index is 0.207. The van der Waals surface area contributed by atoms with Gasteiger partial charge in [0.2, 0.25) is 10.0 Å². The number of carbonyl (C=O) groups excluding carboxylic acids is 1. The van der Waals surface area contributed by atoms with Crippen molar-refractivity contribution in [2.45, 2.75) is 55.7 Å². The molecule has 0 aliphatic heterocycles. The molecule has 0 spiro atoms. The molecule has 1 aromatic heterocycles. The Kier molecular flexibility index (Phi) is 6.16. The zero-order valence-electron chi connectivity index (χ0n) is 14.8. The standard InChI is InChI=1S/C17H25ClN2O4S2/c1-2-10-19-16(21)24-11-17-8-3-4-12(7-9-17)15(17)20-26(22,23)14-6-5-13(18)25-14/h5-6,12,15,20H,2-4,7-11H2,1H3,(H,19,21)/t12-,15-,17+/m0/s1. The predicted octanol–water partition coefficient (Wildman–Crippen LogP) is 3.76. The van der Waals surface area contributed by atoms with Crippen molar-refractivity contribution in [3.05, 3.63) is 16.5 Å². The third kappa shape index (κ3) is 4.18. The zero-order valence-corrected chi connectivity index (χ0v) is 17.2. The van der Waals surface area contributed by atoms with Crippen LogP contribution in [0.25, 0.3) is 0 Å². The number of carbonyl (C=O) groups is 1. The zero-order chi connectivity index (χ0) is 18.8. The molecule has 146 valence electrons. The summed E-state index contributed by atoms with van der Waals surface area (Å²) in [5.41, 5.74) is -0.319. The second kappa shape index (κ2) is 8.04. The number of thiophene rings is 1. The molecule has 2 fully saturated rings. The van der Waals surface area contributed by atoms with Crippen LogP contribution in [0.1, 0.15) is 45.4 Å². The fourth-order valence-electron chi connectivity index (χ4n) is 4.21. The van der Waals surface area contributed by atoms with Gasteiger partial charge in [-0.1, -0.05) is 24.9 Å². The molecule has 0 aromatic carbocycles. The van der Waals surface area contributed by atoms with E-state index in [1.54, 1.807) is 6.07 Å². The van der Waals surface area contributed by atoms with Gasteiger partial charge in [-0.2, -0.15) is 0 Å². The Labute approximate surface area is 163 Å². The summed E-state index contributed by atoms with van der Waals surface area (Å²) in [4.78, 5) is 11.8. The van der Waals surface area contributed by atoms with Gasteiger partial charge in [0.05, 0.1) is 4.34 Å². The number of rotatable bonds is 7. The lowest BCUT2D eigenvalue weighted by Crippen LogP contribution is -2.52. The van der Waals surface area contributed by atoms with Gasteiger partial charge < -0.3 is 10.1 Å². The van der Waals surface area contributed by atoms with Gasteiger partial charge >= 0.3 is 6.09 Å². The molecular weight excluding hydrogens is 396 g/mol. The molecule has 26 heavy (non-hydrogen) atoms. The highest BCUT2D eigenvalue weighted by Gasteiger charge is 2.52. The average Bonchev–Trinajstić information content (AvgIpc) is 3.10. The second-order valence-electron chi connectivity index (χ2n) is 7.21. The molecule has 2 saturated carbocycles.